The van der Waals surface area contributed by atoms with Crippen molar-refractivity contribution >= 4 is 28.5 Å². The van der Waals surface area contributed by atoms with Gasteiger partial charge in [-0.1, -0.05) is 12.1 Å². The number of hydrogen-bond donors (Lipinski definition) is 1. The van der Waals surface area contributed by atoms with E-state index in [1.165, 1.54) is 0 Å². The van der Waals surface area contributed by atoms with E-state index in [-0.39, 0.29) is 5.91 Å². The maximum Gasteiger partial charge on any atom is 0.251 e. The van der Waals surface area contributed by atoms with E-state index in [4.69, 9.17) is 0 Å². The fraction of sp³-hybridized carbons (Fsp3) is 0.0588. The summed E-state index contributed by atoms with van der Waals surface area (Å²) in [6, 6.07) is 15.5. The number of imidazole rings is 1. The predicted molar refractivity (Wildman–Crippen MR) is 93.9 cm³/mol. The van der Waals surface area contributed by atoms with Crippen molar-refractivity contribution < 1.29 is 4.79 Å². The normalized spacial score (nSPS) is 10.4. The third-order valence-electron chi connectivity index (χ3n) is 3.30. The first-order chi connectivity index (χ1) is 10.7. The lowest BCUT2D eigenvalue weighted by molar-refractivity contribution is 0.0951. The second kappa shape index (κ2) is 6.74. The number of halogens is 1. The smallest absolute Gasteiger partial charge is 0.251 e. The van der Waals surface area contributed by atoms with E-state index in [0.717, 1.165) is 14.8 Å². The Hall–Kier alpha value is -2.15. The molecule has 1 amide bonds. The van der Waals surface area contributed by atoms with Crippen molar-refractivity contribution in [2.24, 2.45) is 0 Å². The van der Waals surface area contributed by atoms with Crippen LogP contribution in [0.1, 0.15) is 15.9 Å². The molecule has 0 spiro atoms. The third kappa shape index (κ3) is 3.54. The second-order valence-electron chi connectivity index (χ2n) is 4.83. The average Bonchev–Trinajstić information content (AvgIpc) is 3.08. The van der Waals surface area contributed by atoms with Gasteiger partial charge in [-0.2, -0.15) is 0 Å². The second-order valence-corrected chi connectivity index (χ2v) is 6.07. The minimum absolute atomic E-state index is 0.0601. The fourth-order valence-corrected chi connectivity index (χ4v) is 2.44. The van der Waals surface area contributed by atoms with Crippen LogP contribution in [0, 0.1) is 3.57 Å². The van der Waals surface area contributed by atoms with Gasteiger partial charge >= 0.3 is 0 Å². The molecular formula is C17H14IN3O. The number of carbonyl (C=O) groups is 1. The van der Waals surface area contributed by atoms with Gasteiger partial charge in [-0.05, 0) is 64.6 Å². The Balaban J connectivity index is 1.61. The van der Waals surface area contributed by atoms with Crippen molar-refractivity contribution in [2.75, 3.05) is 0 Å². The number of aromatic nitrogens is 2. The number of nitrogens with one attached hydrogen (secondary N) is 1. The highest BCUT2D eigenvalue weighted by Gasteiger charge is 2.05. The summed E-state index contributed by atoms with van der Waals surface area (Å²) in [6.07, 6.45) is 5.40. The Bertz CT molecular complexity index is 750. The van der Waals surface area contributed by atoms with Crippen LogP contribution in [-0.4, -0.2) is 15.5 Å². The highest BCUT2D eigenvalue weighted by Crippen LogP contribution is 2.10. The predicted octanol–water partition coefficient (Wildman–Crippen LogP) is 3.41. The van der Waals surface area contributed by atoms with E-state index < -0.39 is 0 Å². The molecule has 0 bridgehead atoms. The molecule has 1 N–H and O–H groups in total. The molecule has 0 saturated heterocycles. The van der Waals surface area contributed by atoms with Gasteiger partial charge in [0, 0.05) is 33.8 Å². The standard InChI is InChI=1S/C17H14IN3O/c18-15-5-3-14(4-6-15)17(22)20-11-13-1-7-16(8-2-13)21-10-9-19-12-21/h1-10,12H,11H2,(H,20,22). The molecule has 110 valence electrons. The van der Waals surface area contributed by atoms with Crippen LogP contribution in [0.25, 0.3) is 5.69 Å². The van der Waals surface area contributed by atoms with E-state index >= 15 is 0 Å². The molecule has 0 aliphatic carbocycles. The number of benzene rings is 2. The lowest BCUT2D eigenvalue weighted by Crippen LogP contribution is -2.22. The van der Waals surface area contributed by atoms with Gasteiger partial charge in [-0.25, -0.2) is 4.98 Å². The number of hydrogen-bond acceptors (Lipinski definition) is 2. The first kappa shape index (κ1) is 14.8. The number of carbonyl (C=O) groups excluding carboxylic acids is 1. The molecule has 1 aromatic heterocycles. The summed E-state index contributed by atoms with van der Waals surface area (Å²) in [5, 5.41) is 2.93. The monoisotopic (exact) mass is 403 g/mol. The Morgan fingerprint density at radius 2 is 1.82 bits per heavy atom. The average molecular weight is 403 g/mol. The van der Waals surface area contributed by atoms with Crippen LogP contribution < -0.4 is 5.32 Å². The largest absolute Gasteiger partial charge is 0.348 e. The number of rotatable bonds is 4. The van der Waals surface area contributed by atoms with E-state index in [1.54, 1.807) is 12.5 Å². The van der Waals surface area contributed by atoms with Crippen LogP contribution in [0.5, 0.6) is 0 Å². The zero-order valence-electron chi connectivity index (χ0n) is 11.7. The van der Waals surface area contributed by atoms with Crippen LogP contribution >= 0.6 is 22.6 Å². The van der Waals surface area contributed by atoms with Gasteiger partial charge in [0.05, 0.1) is 6.33 Å². The lowest BCUT2D eigenvalue weighted by atomic mass is 10.2. The van der Waals surface area contributed by atoms with E-state index in [1.807, 2.05) is 59.3 Å². The van der Waals surface area contributed by atoms with Crippen LogP contribution in [0.4, 0.5) is 0 Å². The summed E-state index contributed by atoms with van der Waals surface area (Å²) >= 11 is 2.22. The van der Waals surface area contributed by atoms with Gasteiger partial charge in [-0.15, -0.1) is 0 Å². The van der Waals surface area contributed by atoms with Crippen LogP contribution in [0.3, 0.4) is 0 Å². The highest BCUT2D eigenvalue weighted by molar-refractivity contribution is 14.1. The molecule has 5 heteroatoms. The molecule has 3 aromatic rings. The molecule has 0 aliphatic heterocycles. The van der Waals surface area contributed by atoms with Gasteiger partial charge in [0.15, 0.2) is 0 Å². The first-order valence-electron chi connectivity index (χ1n) is 6.83. The van der Waals surface area contributed by atoms with Crippen molar-refractivity contribution in [3.8, 4) is 5.69 Å². The topological polar surface area (TPSA) is 46.9 Å². The Kier molecular flexibility index (Phi) is 4.53. The quantitative estimate of drug-likeness (QED) is 0.679. The highest BCUT2D eigenvalue weighted by atomic mass is 127. The number of nitrogens with zero attached hydrogens (tertiary/aromatic N) is 2. The van der Waals surface area contributed by atoms with Gasteiger partial charge in [0.25, 0.3) is 5.91 Å². The molecule has 1 heterocycles. The Morgan fingerprint density at radius 1 is 1.09 bits per heavy atom. The van der Waals surface area contributed by atoms with Crippen LogP contribution in [0.2, 0.25) is 0 Å². The van der Waals surface area contributed by atoms with Crippen molar-refractivity contribution in [3.05, 3.63) is 81.9 Å². The zero-order valence-corrected chi connectivity index (χ0v) is 13.9. The first-order valence-corrected chi connectivity index (χ1v) is 7.91. The molecule has 3 rings (SSSR count). The molecule has 0 fully saturated rings. The molecule has 2 aromatic carbocycles. The molecule has 22 heavy (non-hydrogen) atoms. The minimum Gasteiger partial charge on any atom is -0.348 e. The van der Waals surface area contributed by atoms with Crippen molar-refractivity contribution in [1.82, 2.24) is 14.9 Å². The Morgan fingerprint density at radius 3 is 2.45 bits per heavy atom. The third-order valence-corrected chi connectivity index (χ3v) is 4.02. The fourth-order valence-electron chi connectivity index (χ4n) is 2.08. The van der Waals surface area contributed by atoms with Gasteiger partial charge < -0.3 is 9.88 Å². The summed E-state index contributed by atoms with van der Waals surface area (Å²) in [6.45, 7) is 0.509. The Labute approximate surface area is 142 Å². The van der Waals surface area contributed by atoms with E-state index in [2.05, 4.69) is 32.9 Å². The van der Waals surface area contributed by atoms with Gasteiger partial charge in [-0.3, -0.25) is 4.79 Å². The maximum absolute atomic E-state index is 12.1. The van der Waals surface area contributed by atoms with E-state index in [9.17, 15) is 4.79 Å². The van der Waals surface area contributed by atoms with Crippen molar-refractivity contribution in [2.45, 2.75) is 6.54 Å². The molecular weight excluding hydrogens is 389 g/mol. The van der Waals surface area contributed by atoms with Crippen molar-refractivity contribution in [3.63, 3.8) is 0 Å². The maximum atomic E-state index is 12.1. The summed E-state index contributed by atoms with van der Waals surface area (Å²) in [5.41, 5.74) is 2.78. The van der Waals surface area contributed by atoms with Gasteiger partial charge in [0.1, 0.15) is 0 Å². The lowest BCUT2D eigenvalue weighted by Gasteiger charge is -2.07. The number of amides is 1. The molecule has 4 nitrogen and oxygen atoms in total. The van der Waals surface area contributed by atoms with Crippen LogP contribution in [-0.2, 0) is 6.54 Å². The minimum atomic E-state index is -0.0601. The van der Waals surface area contributed by atoms with E-state index in [0.29, 0.717) is 12.1 Å². The summed E-state index contributed by atoms with van der Waals surface area (Å²) in [4.78, 5) is 16.1. The molecule has 0 atom stereocenters. The molecule has 0 aliphatic rings. The SMILES string of the molecule is O=C(NCc1ccc(-n2ccnc2)cc1)c1ccc(I)cc1. The molecule has 0 radical (unpaired) electrons. The molecule has 0 unspecified atom stereocenters. The van der Waals surface area contributed by atoms with Crippen molar-refractivity contribution in [1.29, 1.82) is 0 Å². The summed E-state index contributed by atoms with van der Waals surface area (Å²) in [7, 11) is 0. The summed E-state index contributed by atoms with van der Waals surface area (Å²) < 4.78 is 3.05. The van der Waals surface area contributed by atoms with Gasteiger partial charge in [0.2, 0.25) is 0 Å². The molecule has 0 saturated carbocycles. The van der Waals surface area contributed by atoms with Crippen LogP contribution in [0.15, 0.2) is 67.3 Å². The zero-order chi connectivity index (χ0) is 15.4. The summed E-state index contributed by atoms with van der Waals surface area (Å²) in [5.74, 6) is -0.0601.